The molecule has 0 saturated heterocycles. The van der Waals surface area contributed by atoms with Crippen molar-refractivity contribution in [1.29, 1.82) is 0 Å². The summed E-state index contributed by atoms with van der Waals surface area (Å²) in [6, 6.07) is 9.42. The molecule has 0 bridgehead atoms. The Labute approximate surface area is 128 Å². The molecule has 1 amide bonds. The van der Waals surface area contributed by atoms with Crippen LogP contribution in [0, 0.1) is 0 Å². The summed E-state index contributed by atoms with van der Waals surface area (Å²) in [6.45, 7) is 0. The summed E-state index contributed by atoms with van der Waals surface area (Å²) in [5.41, 5.74) is 3.39. The Bertz CT molecular complexity index is 719. The zero-order valence-electron chi connectivity index (χ0n) is 10.3. The number of amides is 1. The Morgan fingerprint density at radius 3 is 2.70 bits per heavy atom. The molecule has 0 fully saturated rings. The summed E-state index contributed by atoms with van der Waals surface area (Å²) in [5.74, 6) is -0.110. The van der Waals surface area contributed by atoms with Crippen LogP contribution >= 0.6 is 27.3 Å². The molecule has 1 aromatic carbocycles. The number of imidazole rings is 1. The third kappa shape index (κ3) is 2.81. The van der Waals surface area contributed by atoms with Gasteiger partial charge in [-0.3, -0.25) is 4.79 Å². The molecule has 100 valence electrons. The topological polar surface area (TPSA) is 57.8 Å². The molecule has 0 saturated carbocycles. The molecule has 4 nitrogen and oxygen atoms in total. The number of thiophene rings is 1. The fourth-order valence-electron chi connectivity index (χ4n) is 1.78. The van der Waals surface area contributed by atoms with Gasteiger partial charge in [-0.1, -0.05) is 12.1 Å². The van der Waals surface area contributed by atoms with Gasteiger partial charge in [0.2, 0.25) is 0 Å². The van der Waals surface area contributed by atoms with Gasteiger partial charge in [-0.05, 0) is 39.7 Å². The Balaban J connectivity index is 1.74. The van der Waals surface area contributed by atoms with Crippen LogP contribution in [-0.2, 0) is 0 Å². The molecule has 0 aliphatic heterocycles. The van der Waals surface area contributed by atoms with Crippen LogP contribution in [0.2, 0.25) is 0 Å². The van der Waals surface area contributed by atoms with Gasteiger partial charge in [0.25, 0.3) is 5.91 Å². The Morgan fingerprint density at radius 2 is 2.10 bits per heavy atom. The maximum absolute atomic E-state index is 12.0. The minimum atomic E-state index is -0.110. The van der Waals surface area contributed by atoms with Crippen LogP contribution in [0.5, 0.6) is 0 Å². The molecule has 3 aromatic rings. The van der Waals surface area contributed by atoms with Crippen LogP contribution in [-0.4, -0.2) is 15.9 Å². The highest BCUT2D eigenvalue weighted by Gasteiger charge is 2.08. The molecule has 2 heterocycles. The van der Waals surface area contributed by atoms with Crippen LogP contribution in [0.25, 0.3) is 11.3 Å². The first-order valence-corrected chi connectivity index (χ1v) is 7.54. The summed E-state index contributed by atoms with van der Waals surface area (Å²) in [6.07, 6.45) is 3.40. The van der Waals surface area contributed by atoms with Gasteiger partial charge in [-0.2, -0.15) is 0 Å². The largest absolute Gasteiger partial charge is 0.345 e. The third-order valence-corrected chi connectivity index (χ3v) is 4.29. The van der Waals surface area contributed by atoms with Crippen molar-refractivity contribution in [1.82, 2.24) is 9.97 Å². The molecular weight excluding hydrogens is 338 g/mol. The molecule has 2 aromatic heterocycles. The van der Waals surface area contributed by atoms with Crippen LogP contribution in [0.4, 0.5) is 5.69 Å². The van der Waals surface area contributed by atoms with Gasteiger partial charge in [0.05, 0.1) is 27.6 Å². The first-order chi connectivity index (χ1) is 9.72. The lowest BCUT2D eigenvalue weighted by Gasteiger charge is -2.04. The van der Waals surface area contributed by atoms with E-state index in [2.05, 4.69) is 31.2 Å². The van der Waals surface area contributed by atoms with Crippen molar-refractivity contribution in [3.63, 3.8) is 0 Å². The summed E-state index contributed by atoms with van der Waals surface area (Å²) < 4.78 is 0.942. The summed E-state index contributed by atoms with van der Waals surface area (Å²) in [4.78, 5) is 19.0. The Morgan fingerprint density at radius 1 is 1.30 bits per heavy atom. The number of carbonyl (C=O) groups excluding carboxylic acids is 1. The molecule has 2 N–H and O–H groups in total. The SMILES string of the molecule is O=C(Nc1ccc(-c2cnc[nH]2)cc1)c1csc(Br)c1. The van der Waals surface area contributed by atoms with E-state index in [1.807, 2.05) is 29.6 Å². The van der Waals surface area contributed by atoms with Crippen LogP contribution in [0.3, 0.4) is 0 Å². The second-order valence-electron chi connectivity index (χ2n) is 4.14. The molecular formula is C14H10BrN3OS. The van der Waals surface area contributed by atoms with Crippen molar-refractivity contribution in [2.24, 2.45) is 0 Å². The van der Waals surface area contributed by atoms with Crippen molar-refractivity contribution in [3.05, 3.63) is 57.6 Å². The van der Waals surface area contributed by atoms with Gasteiger partial charge in [0, 0.05) is 11.1 Å². The first kappa shape index (κ1) is 13.1. The van der Waals surface area contributed by atoms with Crippen LogP contribution in [0.1, 0.15) is 10.4 Å². The number of anilines is 1. The molecule has 0 aliphatic carbocycles. The predicted molar refractivity (Wildman–Crippen MR) is 84.0 cm³/mol. The molecule has 20 heavy (non-hydrogen) atoms. The van der Waals surface area contributed by atoms with E-state index in [4.69, 9.17) is 0 Å². The number of rotatable bonds is 3. The first-order valence-electron chi connectivity index (χ1n) is 5.86. The predicted octanol–water partition coefficient (Wildman–Crippen LogP) is 4.15. The Kier molecular flexibility index (Phi) is 3.66. The summed E-state index contributed by atoms with van der Waals surface area (Å²) in [5, 5.41) is 4.68. The Hall–Kier alpha value is -1.92. The maximum atomic E-state index is 12.0. The normalized spacial score (nSPS) is 10.4. The number of aromatic nitrogens is 2. The van der Waals surface area contributed by atoms with E-state index in [1.165, 1.54) is 11.3 Å². The zero-order chi connectivity index (χ0) is 13.9. The minimum absolute atomic E-state index is 0.110. The highest BCUT2D eigenvalue weighted by atomic mass is 79.9. The lowest BCUT2D eigenvalue weighted by molar-refractivity contribution is 0.102. The average molecular weight is 348 g/mol. The quantitative estimate of drug-likeness (QED) is 0.747. The molecule has 0 radical (unpaired) electrons. The second-order valence-corrected chi connectivity index (χ2v) is 6.43. The van der Waals surface area contributed by atoms with Crippen molar-refractivity contribution >= 4 is 38.9 Å². The standard InChI is InChI=1S/C14H10BrN3OS/c15-13-5-10(7-20-13)14(19)18-11-3-1-9(2-4-11)12-6-16-8-17-12/h1-8H,(H,16,17)(H,18,19). The number of aromatic amines is 1. The summed E-state index contributed by atoms with van der Waals surface area (Å²) in [7, 11) is 0. The fraction of sp³-hybridized carbons (Fsp3) is 0. The van der Waals surface area contributed by atoms with E-state index in [9.17, 15) is 4.79 Å². The van der Waals surface area contributed by atoms with E-state index < -0.39 is 0 Å². The molecule has 0 unspecified atom stereocenters. The van der Waals surface area contributed by atoms with E-state index >= 15 is 0 Å². The number of nitrogens with zero attached hydrogens (tertiary/aromatic N) is 1. The van der Waals surface area contributed by atoms with Crippen molar-refractivity contribution in [2.75, 3.05) is 5.32 Å². The number of nitrogens with one attached hydrogen (secondary N) is 2. The number of H-pyrrole nitrogens is 1. The van der Waals surface area contributed by atoms with Gasteiger partial charge < -0.3 is 10.3 Å². The van der Waals surface area contributed by atoms with E-state index in [1.54, 1.807) is 18.6 Å². The lowest BCUT2D eigenvalue weighted by Crippen LogP contribution is -2.10. The van der Waals surface area contributed by atoms with Crippen molar-refractivity contribution in [3.8, 4) is 11.3 Å². The lowest BCUT2D eigenvalue weighted by atomic mass is 10.1. The van der Waals surface area contributed by atoms with E-state index in [-0.39, 0.29) is 5.91 Å². The molecule has 0 spiro atoms. The van der Waals surface area contributed by atoms with E-state index in [0.29, 0.717) is 5.56 Å². The molecule has 6 heteroatoms. The van der Waals surface area contributed by atoms with E-state index in [0.717, 1.165) is 20.7 Å². The number of hydrogen-bond donors (Lipinski definition) is 2. The second kappa shape index (κ2) is 5.60. The third-order valence-electron chi connectivity index (χ3n) is 2.78. The number of halogens is 1. The monoisotopic (exact) mass is 347 g/mol. The van der Waals surface area contributed by atoms with Gasteiger partial charge in [0.15, 0.2) is 0 Å². The number of carbonyl (C=O) groups is 1. The van der Waals surface area contributed by atoms with Gasteiger partial charge >= 0.3 is 0 Å². The highest BCUT2D eigenvalue weighted by molar-refractivity contribution is 9.11. The smallest absolute Gasteiger partial charge is 0.256 e. The molecule has 0 atom stereocenters. The molecule has 3 rings (SSSR count). The van der Waals surface area contributed by atoms with Crippen LogP contribution in [0.15, 0.2) is 52.0 Å². The summed E-state index contributed by atoms with van der Waals surface area (Å²) >= 11 is 4.84. The number of hydrogen-bond acceptors (Lipinski definition) is 3. The van der Waals surface area contributed by atoms with Crippen molar-refractivity contribution in [2.45, 2.75) is 0 Å². The maximum Gasteiger partial charge on any atom is 0.256 e. The van der Waals surface area contributed by atoms with Gasteiger partial charge in [-0.25, -0.2) is 4.98 Å². The van der Waals surface area contributed by atoms with Crippen LogP contribution < -0.4 is 5.32 Å². The molecule has 0 aliphatic rings. The van der Waals surface area contributed by atoms with Gasteiger partial charge in [0.1, 0.15) is 0 Å². The highest BCUT2D eigenvalue weighted by Crippen LogP contribution is 2.22. The zero-order valence-corrected chi connectivity index (χ0v) is 12.7. The van der Waals surface area contributed by atoms with Crippen molar-refractivity contribution < 1.29 is 4.79 Å². The average Bonchev–Trinajstić information content (AvgIpc) is 3.10. The number of benzene rings is 1. The fourth-order valence-corrected chi connectivity index (χ4v) is 2.92. The van der Waals surface area contributed by atoms with Gasteiger partial charge in [-0.15, -0.1) is 11.3 Å². The minimum Gasteiger partial charge on any atom is -0.345 e.